The van der Waals surface area contributed by atoms with Crippen LogP contribution in [0, 0.1) is 0 Å². The van der Waals surface area contributed by atoms with Gasteiger partial charge in [-0.3, -0.25) is 10.1 Å². The summed E-state index contributed by atoms with van der Waals surface area (Å²) in [4.78, 5) is 16.1. The fourth-order valence-corrected chi connectivity index (χ4v) is 4.50. The van der Waals surface area contributed by atoms with Gasteiger partial charge in [0.1, 0.15) is 0 Å². The molecule has 0 spiro atoms. The summed E-state index contributed by atoms with van der Waals surface area (Å²) in [5, 5.41) is 4.86. The Morgan fingerprint density at radius 3 is 2.29 bits per heavy atom. The Morgan fingerprint density at radius 2 is 1.79 bits per heavy atom. The largest absolute Gasteiger partial charge is 0.298 e. The molecule has 0 aliphatic carbocycles. The van der Waals surface area contributed by atoms with E-state index in [4.69, 9.17) is 23.2 Å². The summed E-state index contributed by atoms with van der Waals surface area (Å²) in [7, 11) is -3.70. The summed E-state index contributed by atoms with van der Waals surface area (Å²) >= 11 is 12.6. The molecular weight excluding hydrogens is 393 g/mol. The molecule has 130 valence electrons. The van der Waals surface area contributed by atoms with Gasteiger partial charge in [0.05, 0.1) is 4.90 Å². The van der Waals surface area contributed by atoms with Crippen LogP contribution in [0.4, 0.5) is 5.13 Å². The van der Waals surface area contributed by atoms with Crippen LogP contribution < -0.4 is 5.32 Å². The van der Waals surface area contributed by atoms with Crippen molar-refractivity contribution in [2.75, 3.05) is 30.2 Å². The number of nitrogens with one attached hydrogen (secondary N) is 1. The van der Waals surface area contributed by atoms with Crippen molar-refractivity contribution in [1.29, 1.82) is 0 Å². The molecule has 0 saturated carbocycles. The third kappa shape index (κ3) is 4.67. The van der Waals surface area contributed by atoms with E-state index in [0.717, 1.165) is 0 Å². The molecular formula is C14H15Cl2N3O3S2. The normalized spacial score (nSPS) is 11.6. The number of anilines is 1. The van der Waals surface area contributed by atoms with Crippen LogP contribution in [0.2, 0.25) is 0 Å². The number of carbonyl (C=O) groups is 1. The van der Waals surface area contributed by atoms with E-state index in [1.165, 1.54) is 39.9 Å². The molecule has 0 aliphatic heterocycles. The number of nitrogens with zero attached hydrogens (tertiary/aromatic N) is 2. The zero-order valence-electron chi connectivity index (χ0n) is 12.5. The molecule has 6 nitrogen and oxygen atoms in total. The number of amides is 1. The molecule has 1 aromatic heterocycles. The molecule has 1 amide bonds. The Kier molecular flexibility index (Phi) is 7.00. The van der Waals surface area contributed by atoms with Gasteiger partial charge in [0.25, 0.3) is 5.91 Å². The van der Waals surface area contributed by atoms with Crippen LogP contribution in [0.3, 0.4) is 0 Å². The predicted octanol–water partition coefficient (Wildman–Crippen LogP) is 2.86. The number of rotatable bonds is 8. The first kappa shape index (κ1) is 19.1. The van der Waals surface area contributed by atoms with Crippen LogP contribution >= 0.6 is 34.5 Å². The molecule has 0 aliphatic rings. The molecule has 1 N–H and O–H groups in total. The number of alkyl halides is 2. The molecule has 24 heavy (non-hydrogen) atoms. The highest BCUT2D eigenvalue weighted by atomic mass is 35.5. The van der Waals surface area contributed by atoms with Crippen molar-refractivity contribution in [2.24, 2.45) is 0 Å². The second kappa shape index (κ2) is 8.77. The number of aromatic nitrogens is 1. The average Bonchev–Trinajstić information content (AvgIpc) is 3.07. The van der Waals surface area contributed by atoms with Gasteiger partial charge in [-0.1, -0.05) is 0 Å². The lowest BCUT2D eigenvalue weighted by Crippen LogP contribution is -2.34. The third-order valence-corrected chi connectivity index (χ3v) is 6.01. The highest BCUT2D eigenvalue weighted by Gasteiger charge is 2.23. The third-order valence-electron chi connectivity index (χ3n) is 3.07. The first-order valence-electron chi connectivity index (χ1n) is 6.92. The Hall–Kier alpha value is -1.19. The molecule has 0 fully saturated rings. The number of hydrogen-bond acceptors (Lipinski definition) is 5. The minimum Gasteiger partial charge on any atom is -0.298 e. The summed E-state index contributed by atoms with van der Waals surface area (Å²) in [6.07, 6.45) is 1.58. The van der Waals surface area contributed by atoms with Crippen LogP contribution in [0.15, 0.2) is 40.7 Å². The summed E-state index contributed by atoms with van der Waals surface area (Å²) in [6.45, 7) is 0.339. The summed E-state index contributed by atoms with van der Waals surface area (Å²) in [5.41, 5.74) is 0.338. The number of thiazole rings is 1. The zero-order chi connectivity index (χ0) is 17.6. The molecule has 1 heterocycles. The van der Waals surface area contributed by atoms with Gasteiger partial charge in [0.2, 0.25) is 10.0 Å². The van der Waals surface area contributed by atoms with Crippen molar-refractivity contribution in [1.82, 2.24) is 9.29 Å². The maximum atomic E-state index is 12.5. The summed E-state index contributed by atoms with van der Waals surface area (Å²) < 4.78 is 26.3. The van der Waals surface area contributed by atoms with Crippen LogP contribution in [0.1, 0.15) is 10.4 Å². The van der Waals surface area contributed by atoms with Crippen molar-refractivity contribution in [3.8, 4) is 0 Å². The lowest BCUT2D eigenvalue weighted by atomic mass is 10.2. The standard InChI is InChI=1S/C14H15Cl2N3O3S2/c15-5-8-19(9-6-16)24(21,22)12-3-1-11(2-4-12)13(20)18-14-17-7-10-23-14/h1-4,7,10H,5-6,8-9H2,(H,17,18,20). The van der Waals surface area contributed by atoms with Crippen LogP contribution in [-0.4, -0.2) is 48.5 Å². The van der Waals surface area contributed by atoms with E-state index in [1.54, 1.807) is 11.6 Å². The highest BCUT2D eigenvalue weighted by molar-refractivity contribution is 7.89. The van der Waals surface area contributed by atoms with Gasteiger partial charge in [-0.2, -0.15) is 4.31 Å². The van der Waals surface area contributed by atoms with Crippen LogP contribution in [-0.2, 0) is 10.0 Å². The van der Waals surface area contributed by atoms with Gasteiger partial charge < -0.3 is 0 Å². The first-order chi connectivity index (χ1) is 11.5. The van der Waals surface area contributed by atoms with Crippen molar-refractivity contribution in [2.45, 2.75) is 4.90 Å². The van der Waals surface area contributed by atoms with Crippen LogP contribution in [0.25, 0.3) is 0 Å². The van der Waals surface area contributed by atoms with Gasteiger partial charge in [-0.05, 0) is 24.3 Å². The lowest BCUT2D eigenvalue weighted by Gasteiger charge is -2.20. The molecule has 0 atom stereocenters. The van der Waals surface area contributed by atoms with E-state index in [0.29, 0.717) is 10.7 Å². The van der Waals surface area contributed by atoms with E-state index in [-0.39, 0.29) is 35.7 Å². The fourth-order valence-electron chi connectivity index (χ4n) is 1.92. The van der Waals surface area contributed by atoms with E-state index < -0.39 is 10.0 Å². The Morgan fingerprint density at radius 1 is 1.17 bits per heavy atom. The number of carbonyl (C=O) groups excluding carboxylic acids is 1. The van der Waals surface area contributed by atoms with Crippen molar-refractivity contribution >= 4 is 55.6 Å². The number of benzene rings is 1. The van der Waals surface area contributed by atoms with Crippen molar-refractivity contribution in [3.05, 3.63) is 41.4 Å². The predicted molar refractivity (Wildman–Crippen MR) is 96.7 cm³/mol. The minimum absolute atomic E-state index is 0.0866. The highest BCUT2D eigenvalue weighted by Crippen LogP contribution is 2.18. The maximum Gasteiger partial charge on any atom is 0.257 e. The molecule has 10 heteroatoms. The second-order valence-corrected chi connectivity index (χ2v) is 8.19. The number of sulfonamides is 1. The first-order valence-corrected chi connectivity index (χ1v) is 10.3. The monoisotopic (exact) mass is 407 g/mol. The summed E-state index contributed by atoms with van der Waals surface area (Å²) in [6, 6.07) is 5.69. The maximum absolute atomic E-state index is 12.5. The summed E-state index contributed by atoms with van der Waals surface area (Å²) in [5.74, 6) is -0.0123. The number of hydrogen-bond donors (Lipinski definition) is 1. The Labute approximate surface area is 154 Å². The zero-order valence-corrected chi connectivity index (χ0v) is 15.6. The molecule has 0 unspecified atom stereocenters. The van der Waals surface area contributed by atoms with Gasteiger partial charge in [-0.25, -0.2) is 13.4 Å². The van der Waals surface area contributed by atoms with Gasteiger partial charge in [-0.15, -0.1) is 34.5 Å². The van der Waals surface area contributed by atoms with Crippen molar-refractivity contribution < 1.29 is 13.2 Å². The van der Waals surface area contributed by atoms with E-state index in [1.807, 2.05) is 0 Å². The van der Waals surface area contributed by atoms with E-state index in [9.17, 15) is 13.2 Å². The average molecular weight is 408 g/mol. The fraction of sp³-hybridized carbons (Fsp3) is 0.286. The minimum atomic E-state index is -3.70. The second-order valence-electron chi connectivity index (χ2n) is 4.60. The molecule has 2 aromatic rings. The SMILES string of the molecule is O=C(Nc1nccs1)c1ccc(S(=O)(=O)N(CCCl)CCCl)cc1. The van der Waals surface area contributed by atoms with E-state index in [2.05, 4.69) is 10.3 Å². The van der Waals surface area contributed by atoms with Gasteiger partial charge >= 0.3 is 0 Å². The molecule has 0 bridgehead atoms. The Bertz CT molecular complexity index is 759. The van der Waals surface area contributed by atoms with Gasteiger partial charge in [0, 0.05) is 42.0 Å². The smallest absolute Gasteiger partial charge is 0.257 e. The quantitative estimate of drug-likeness (QED) is 0.682. The molecule has 0 saturated heterocycles. The number of halogens is 2. The van der Waals surface area contributed by atoms with Gasteiger partial charge in [0.15, 0.2) is 5.13 Å². The Balaban J connectivity index is 2.16. The van der Waals surface area contributed by atoms with Crippen LogP contribution in [0.5, 0.6) is 0 Å². The van der Waals surface area contributed by atoms with Crippen molar-refractivity contribution in [3.63, 3.8) is 0 Å². The van der Waals surface area contributed by atoms with E-state index >= 15 is 0 Å². The molecule has 0 radical (unpaired) electrons. The topological polar surface area (TPSA) is 79.4 Å². The lowest BCUT2D eigenvalue weighted by molar-refractivity contribution is 0.102. The molecule has 2 rings (SSSR count). The molecule has 1 aromatic carbocycles.